The molecule has 0 aromatic rings. The van der Waals surface area contributed by atoms with Crippen LogP contribution in [0.25, 0.3) is 0 Å². The second kappa shape index (κ2) is 6.36. The number of amidine groups is 1. The summed E-state index contributed by atoms with van der Waals surface area (Å²) in [6, 6.07) is 0.314. The largest absolute Gasteiger partial charge is 0.387 e. The molecule has 1 heterocycles. The molecule has 1 aliphatic heterocycles. The fourth-order valence-corrected chi connectivity index (χ4v) is 2.78. The highest BCUT2D eigenvalue weighted by molar-refractivity contribution is 5.83. The van der Waals surface area contributed by atoms with Gasteiger partial charge in [0.25, 0.3) is 0 Å². The molecule has 0 aromatic heterocycles. The summed E-state index contributed by atoms with van der Waals surface area (Å²) in [7, 11) is 0. The minimum absolute atomic E-state index is 0.314. The fourth-order valence-electron chi connectivity index (χ4n) is 2.78. The van der Waals surface area contributed by atoms with Crippen LogP contribution in [0.1, 0.15) is 32.6 Å². The van der Waals surface area contributed by atoms with Gasteiger partial charge in [0.1, 0.15) is 0 Å². The highest BCUT2D eigenvalue weighted by Gasteiger charge is 2.20. The number of ether oxygens (including phenoxy) is 1. The summed E-state index contributed by atoms with van der Waals surface area (Å²) in [6.45, 7) is 6.95. The Labute approximate surface area is 104 Å². The SMILES string of the molecule is CC(CN1CCOCC1)N=C(N)C1CCCC1. The van der Waals surface area contributed by atoms with E-state index in [0.29, 0.717) is 12.0 Å². The fraction of sp³-hybridized carbons (Fsp3) is 0.923. The molecule has 17 heavy (non-hydrogen) atoms. The molecule has 98 valence electrons. The van der Waals surface area contributed by atoms with Gasteiger partial charge < -0.3 is 10.5 Å². The summed E-state index contributed by atoms with van der Waals surface area (Å²) in [5.74, 6) is 1.45. The van der Waals surface area contributed by atoms with Crippen molar-refractivity contribution >= 4 is 5.84 Å². The van der Waals surface area contributed by atoms with Crippen molar-refractivity contribution in [3.8, 4) is 0 Å². The van der Waals surface area contributed by atoms with Crippen LogP contribution < -0.4 is 5.73 Å². The zero-order valence-corrected chi connectivity index (χ0v) is 10.9. The lowest BCUT2D eigenvalue weighted by molar-refractivity contribution is 0.0361. The first-order valence-corrected chi connectivity index (χ1v) is 6.89. The Hall–Kier alpha value is -0.610. The van der Waals surface area contributed by atoms with Gasteiger partial charge in [-0.1, -0.05) is 12.8 Å². The Morgan fingerprint density at radius 1 is 1.35 bits per heavy atom. The third-order valence-corrected chi connectivity index (χ3v) is 3.77. The molecule has 4 heteroatoms. The van der Waals surface area contributed by atoms with Crippen LogP contribution >= 0.6 is 0 Å². The molecule has 0 radical (unpaired) electrons. The molecule has 4 nitrogen and oxygen atoms in total. The summed E-state index contributed by atoms with van der Waals surface area (Å²) < 4.78 is 5.34. The van der Waals surface area contributed by atoms with Crippen molar-refractivity contribution in [2.75, 3.05) is 32.8 Å². The van der Waals surface area contributed by atoms with Crippen molar-refractivity contribution in [1.29, 1.82) is 0 Å². The second-order valence-corrected chi connectivity index (χ2v) is 5.30. The monoisotopic (exact) mass is 239 g/mol. The van der Waals surface area contributed by atoms with Gasteiger partial charge >= 0.3 is 0 Å². The first kappa shape index (κ1) is 12.8. The van der Waals surface area contributed by atoms with Crippen molar-refractivity contribution < 1.29 is 4.74 Å². The maximum absolute atomic E-state index is 6.09. The van der Waals surface area contributed by atoms with Crippen molar-refractivity contribution in [3.63, 3.8) is 0 Å². The van der Waals surface area contributed by atoms with Crippen LogP contribution in [0.3, 0.4) is 0 Å². The molecular formula is C13H25N3O. The number of aliphatic imine (C=N–C) groups is 1. The third kappa shape index (κ3) is 3.96. The Kier molecular flexibility index (Phi) is 4.80. The van der Waals surface area contributed by atoms with E-state index in [0.717, 1.165) is 38.7 Å². The topological polar surface area (TPSA) is 50.8 Å². The predicted octanol–water partition coefficient (Wildman–Crippen LogP) is 1.25. The van der Waals surface area contributed by atoms with Gasteiger partial charge in [0, 0.05) is 25.6 Å². The number of hydrogen-bond donors (Lipinski definition) is 1. The van der Waals surface area contributed by atoms with Gasteiger partial charge in [-0.2, -0.15) is 0 Å². The Bertz CT molecular complexity index is 255. The van der Waals surface area contributed by atoms with Gasteiger partial charge in [-0.15, -0.1) is 0 Å². The highest BCUT2D eigenvalue weighted by atomic mass is 16.5. The van der Waals surface area contributed by atoms with E-state index in [1.165, 1.54) is 25.7 Å². The Balaban J connectivity index is 1.78. The number of morpholine rings is 1. The van der Waals surface area contributed by atoms with E-state index < -0.39 is 0 Å². The van der Waals surface area contributed by atoms with E-state index in [-0.39, 0.29) is 0 Å². The van der Waals surface area contributed by atoms with E-state index in [2.05, 4.69) is 16.8 Å². The molecule has 2 aliphatic rings. The molecule has 2 rings (SSSR count). The molecule has 1 unspecified atom stereocenters. The number of nitrogens with two attached hydrogens (primary N) is 1. The molecule has 0 bridgehead atoms. The smallest absolute Gasteiger partial charge is 0.0972 e. The van der Waals surface area contributed by atoms with E-state index in [1.807, 2.05) is 0 Å². The second-order valence-electron chi connectivity index (χ2n) is 5.30. The van der Waals surface area contributed by atoms with Crippen LogP contribution in [0, 0.1) is 5.92 Å². The maximum Gasteiger partial charge on any atom is 0.0972 e. The van der Waals surface area contributed by atoms with Crippen LogP contribution in [0.4, 0.5) is 0 Å². The lowest BCUT2D eigenvalue weighted by atomic mass is 10.1. The van der Waals surface area contributed by atoms with Gasteiger partial charge in [-0.05, 0) is 19.8 Å². The molecule has 2 fully saturated rings. The number of rotatable bonds is 4. The first-order valence-electron chi connectivity index (χ1n) is 6.89. The van der Waals surface area contributed by atoms with Gasteiger partial charge in [-0.3, -0.25) is 9.89 Å². The molecule has 1 atom stereocenters. The van der Waals surface area contributed by atoms with Gasteiger partial charge in [-0.25, -0.2) is 0 Å². The first-order chi connectivity index (χ1) is 8.25. The van der Waals surface area contributed by atoms with Crippen molar-refractivity contribution in [3.05, 3.63) is 0 Å². The molecule has 1 aliphatic carbocycles. The molecule has 1 saturated heterocycles. The third-order valence-electron chi connectivity index (χ3n) is 3.77. The van der Waals surface area contributed by atoms with Gasteiger partial charge in [0.15, 0.2) is 0 Å². The summed E-state index contributed by atoms with van der Waals surface area (Å²) in [5.41, 5.74) is 6.09. The normalized spacial score (nSPS) is 26.3. The molecule has 0 amide bonds. The van der Waals surface area contributed by atoms with E-state index in [9.17, 15) is 0 Å². The van der Waals surface area contributed by atoms with Crippen molar-refractivity contribution in [2.45, 2.75) is 38.6 Å². The van der Waals surface area contributed by atoms with E-state index in [4.69, 9.17) is 10.5 Å². The standard InChI is InChI=1S/C13H25N3O/c1-11(10-16-6-8-17-9-7-16)15-13(14)12-4-2-3-5-12/h11-12H,2-10H2,1H3,(H2,14,15). The minimum atomic E-state index is 0.314. The lowest BCUT2D eigenvalue weighted by Gasteiger charge is -2.28. The average molecular weight is 239 g/mol. The zero-order chi connectivity index (χ0) is 12.1. The van der Waals surface area contributed by atoms with Crippen LogP contribution in [0.5, 0.6) is 0 Å². The summed E-state index contributed by atoms with van der Waals surface area (Å²) >= 11 is 0. The van der Waals surface area contributed by atoms with Crippen LogP contribution in [-0.4, -0.2) is 49.6 Å². The van der Waals surface area contributed by atoms with Crippen LogP contribution in [0.15, 0.2) is 4.99 Å². The number of nitrogens with zero attached hydrogens (tertiary/aromatic N) is 2. The van der Waals surface area contributed by atoms with E-state index >= 15 is 0 Å². The Morgan fingerprint density at radius 2 is 2.00 bits per heavy atom. The summed E-state index contributed by atoms with van der Waals surface area (Å²) in [4.78, 5) is 7.08. The van der Waals surface area contributed by atoms with Crippen LogP contribution in [0.2, 0.25) is 0 Å². The average Bonchev–Trinajstić information content (AvgIpc) is 2.83. The summed E-state index contributed by atoms with van der Waals surface area (Å²) in [6.07, 6.45) is 5.11. The Morgan fingerprint density at radius 3 is 2.65 bits per heavy atom. The zero-order valence-electron chi connectivity index (χ0n) is 10.9. The van der Waals surface area contributed by atoms with E-state index in [1.54, 1.807) is 0 Å². The molecule has 0 spiro atoms. The van der Waals surface area contributed by atoms with Gasteiger partial charge in [0.05, 0.1) is 25.1 Å². The molecular weight excluding hydrogens is 214 g/mol. The summed E-state index contributed by atoms with van der Waals surface area (Å²) in [5, 5.41) is 0. The van der Waals surface area contributed by atoms with Gasteiger partial charge in [0.2, 0.25) is 0 Å². The molecule has 2 N–H and O–H groups in total. The van der Waals surface area contributed by atoms with Crippen molar-refractivity contribution in [1.82, 2.24) is 4.90 Å². The quantitative estimate of drug-likeness (QED) is 0.593. The molecule has 0 aromatic carbocycles. The minimum Gasteiger partial charge on any atom is -0.387 e. The maximum atomic E-state index is 6.09. The predicted molar refractivity (Wildman–Crippen MR) is 70.3 cm³/mol. The highest BCUT2D eigenvalue weighted by Crippen LogP contribution is 2.24. The molecule has 1 saturated carbocycles. The van der Waals surface area contributed by atoms with Crippen molar-refractivity contribution in [2.24, 2.45) is 16.6 Å². The van der Waals surface area contributed by atoms with Crippen LogP contribution in [-0.2, 0) is 4.74 Å². The lowest BCUT2D eigenvalue weighted by Crippen LogP contribution is -2.40. The number of hydrogen-bond acceptors (Lipinski definition) is 3.